The molecule has 0 fully saturated rings. The van der Waals surface area contributed by atoms with Gasteiger partial charge in [0.25, 0.3) is 0 Å². The van der Waals surface area contributed by atoms with Crippen molar-refractivity contribution in [3.8, 4) is 0 Å². The maximum absolute atomic E-state index is 12.0. The van der Waals surface area contributed by atoms with Gasteiger partial charge >= 0.3 is 5.97 Å². The largest absolute Gasteiger partial charge is 0.478 e. The summed E-state index contributed by atoms with van der Waals surface area (Å²) >= 11 is 5.69. The molecule has 1 rings (SSSR count). The first kappa shape index (κ1) is 15.9. The lowest BCUT2D eigenvalue weighted by Crippen LogP contribution is -2.15. The van der Waals surface area contributed by atoms with Crippen LogP contribution >= 0.6 is 11.6 Å². The van der Waals surface area contributed by atoms with E-state index in [-0.39, 0.29) is 33.9 Å². The van der Waals surface area contributed by atoms with Crippen molar-refractivity contribution in [1.29, 1.82) is 0 Å². The van der Waals surface area contributed by atoms with Crippen molar-refractivity contribution in [3.63, 3.8) is 0 Å². The molecule has 0 spiro atoms. The molecular formula is C12H15ClO5S. The van der Waals surface area contributed by atoms with Crippen LogP contribution in [0, 0.1) is 0 Å². The minimum absolute atomic E-state index is 0.00452. The van der Waals surface area contributed by atoms with Crippen molar-refractivity contribution < 1.29 is 23.1 Å². The molecule has 106 valence electrons. The van der Waals surface area contributed by atoms with Gasteiger partial charge < -0.3 is 9.84 Å². The number of sulfone groups is 1. The van der Waals surface area contributed by atoms with Gasteiger partial charge in [0.1, 0.15) is 0 Å². The summed E-state index contributed by atoms with van der Waals surface area (Å²) in [7, 11) is -3.58. The van der Waals surface area contributed by atoms with E-state index in [0.717, 1.165) is 6.07 Å². The third-order valence-electron chi connectivity index (χ3n) is 2.33. The van der Waals surface area contributed by atoms with Crippen molar-refractivity contribution in [2.24, 2.45) is 0 Å². The van der Waals surface area contributed by atoms with Crippen LogP contribution in [0.3, 0.4) is 0 Å². The van der Waals surface area contributed by atoms with Crippen molar-refractivity contribution in [2.75, 3.05) is 12.4 Å². The number of carboxylic acids is 1. The van der Waals surface area contributed by atoms with Crippen LogP contribution in [0.25, 0.3) is 0 Å². The Bertz CT molecular complexity index is 565. The molecule has 0 atom stereocenters. The Balaban J connectivity index is 2.96. The molecule has 0 saturated heterocycles. The van der Waals surface area contributed by atoms with E-state index < -0.39 is 15.8 Å². The molecule has 0 bridgehead atoms. The predicted octanol–water partition coefficient (Wildman–Crippen LogP) is 2.24. The predicted molar refractivity (Wildman–Crippen MR) is 71.6 cm³/mol. The standard InChI is InChI=1S/C12H15ClO5S/c1-8(2)18-5-6-19(16,17)9-3-4-11(13)10(7-9)12(14)15/h3-4,7-8H,5-6H2,1-2H3,(H,14,15). The van der Waals surface area contributed by atoms with Gasteiger partial charge in [0.15, 0.2) is 9.84 Å². The lowest BCUT2D eigenvalue weighted by Gasteiger charge is -2.09. The summed E-state index contributed by atoms with van der Waals surface area (Å²) in [6.45, 7) is 3.67. The summed E-state index contributed by atoms with van der Waals surface area (Å²) in [6.07, 6.45) is -0.0602. The van der Waals surface area contributed by atoms with Crippen LogP contribution in [0.1, 0.15) is 24.2 Å². The van der Waals surface area contributed by atoms with E-state index in [1.165, 1.54) is 12.1 Å². The maximum Gasteiger partial charge on any atom is 0.337 e. The van der Waals surface area contributed by atoms with Crippen LogP contribution < -0.4 is 0 Å². The van der Waals surface area contributed by atoms with Gasteiger partial charge in [0, 0.05) is 0 Å². The van der Waals surface area contributed by atoms with Gasteiger partial charge in [-0.1, -0.05) is 11.6 Å². The fraction of sp³-hybridized carbons (Fsp3) is 0.417. The van der Waals surface area contributed by atoms with Gasteiger partial charge in [0.2, 0.25) is 0 Å². The van der Waals surface area contributed by atoms with Crippen LogP contribution in [0.2, 0.25) is 5.02 Å². The van der Waals surface area contributed by atoms with Crippen molar-refractivity contribution >= 4 is 27.4 Å². The smallest absolute Gasteiger partial charge is 0.337 e. The Morgan fingerprint density at radius 2 is 2.05 bits per heavy atom. The number of benzene rings is 1. The molecule has 5 nitrogen and oxygen atoms in total. The highest BCUT2D eigenvalue weighted by molar-refractivity contribution is 7.91. The zero-order chi connectivity index (χ0) is 14.6. The third-order valence-corrected chi connectivity index (χ3v) is 4.34. The van der Waals surface area contributed by atoms with Gasteiger partial charge in [-0.15, -0.1) is 0 Å². The molecule has 0 amide bonds. The number of carboxylic acid groups (broad SMARTS) is 1. The van der Waals surface area contributed by atoms with E-state index in [1.807, 2.05) is 0 Å². The molecular weight excluding hydrogens is 292 g/mol. The van der Waals surface area contributed by atoms with Crippen LogP contribution in [0.5, 0.6) is 0 Å². The number of ether oxygens (including phenoxy) is 1. The van der Waals surface area contributed by atoms with E-state index in [1.54, 1.807) is 13.8 Å². The second-order valence-electron chi connectivity index (χ2n) is 4.19. The highest BCUT2D eigenvalue weighted by Crippen LogP contribution is 2.21. The number of halogens is 1. The first-order chi connectivity index (χ1) is 8.74. The second-order valence-corrected chi connectivity index (χ2v) is 6.70. The molecule has 0 unspecified atom stereocenters. The van der Waals surface area contributed by atoms with Crippen LogP contribution in [0.4, 0.5) is 0 Å². The first-order valence-corrected chi connectivity index (χ1v) is 7.64. The lowest BCUT2D eigenvalue weighted by atomic mass is 10.2. The molecule has 0 saturated carbocycles. The van der Waals surface area contributed by atoms with Crippen LogP contribution in [-0.4, -0.2) is 38.0 Å². The van der Waals surface area contributed by atoms with Gasteiger partial charge in [0.05, 0.1) is 33.9 Å². The summed E-state index contributed by atoms with van der Waals surface area (Å²) in [5.74, 6) is -1.47. The molecule has 7 heteroatoms. The number of hydrogen-bond donors (Lipinski definition) is 1. The van der Waals surface area contributed by atoms with Gasteiger partial charge in [-0.25, -0.2) is 13.2 Å². The fourth-order valence-corrected chi connectivity index (χ4v) is 2.70. The minimum Gasteiger partial charge on any atom is -0.478 e. The maximum atomic E-state index is 12.0. The number of aromatic carboxylic acids is 1. The Morgan fingerprint density at radius 1 is 1.42 bits per heavy atom. The summed E-state index contributed by atoms with van der Waals surface area (Å²) in [4.78, 5) is 10.8. The monoisotopic (exact) mass is 306 g/mol. The molecule has 1 N–H and O–H groups in total. The summed E-state index contributed by atoms with van der Waals surface area (Å²) in [5.41, 5.74) is -0.229. The molecule has 0 aliphatic heterocycles. The van der Waals surface area contributed by atoms with Crippen molar-refractivity contribution in [3.05, 3.63) is 28.8 Å². The average molecular weight is 307 g/mol. The molecule has 0 aliphatic rings. The topological polar surface area (TPSA) is 80.7 Å². The summed E-state index contributed by atoms with van der Waals surface area (Å²) in [5, 5.41) is 8.91. The normalized spacial score (nSPS) is 11.8. The molecule has 0 radical (unpaired) electrons. The van der Waals surface area contributed by atoms with E-state index in [4.69, 9.17) is 21.4 Å². The minimum atomic E-state index is -3.58. The van der Waals surface area contributed by atoms with Crippen molar-refractivity contribution in [2.45, 2.75) is 24.8 Å². The Morgan fingerprint density at radius 3 is 2.58 bits per heavy atom. The second kappa shape index (κ2) is 6.36. The number of hydrogen-bond acceptors (Lipinski definition) is 4. The number of rotatable bonds is 6. The highest BCUT2D eigenvalue weighted by atomic mass is 35.5. The SMILES string of the molecule is CC(C)OCCS(=O)(=O)c1ccc(Cl)c(C(=O)O)c1. The van der Waals surface area contributed by atoms with E-state index in [2.05, 4.69) is 0 Å². The van der Waals surface area contributed by atoms with Gasteiger partial charge in [-0.2, -0.15) is 0 Å². The third kappa shape index (κ3) is 4.49. The Labute approximate surface area is 117 Å². The van der Waals surface area contributed by atoms with E-state index >= 15 is 0 Å². The molecule has 0 aliphatic carbocycles. The zero-order valence-electron chi connectivity index (χ0n) is 10.6. The van der Waals surface area contributed by atoms with E-state index in [0.29, 0.717) is 0 Å². The Hall–Kier alpha value is -1.11. The fourth-order valence-electron chi connectivity index (χ4n) is 1.37. The molecule has 1 aromatic rings. The molecule has 0 heterocycles. The Kier molecular flexibility index (Phi) is 5.34. The van der Waals surface area contributed by atoms with Crippen molar-refractivity contribution in [1.82, 2.24) is 0 Å². The molecule has 19 heavy (non-hydrogen) atoms. The molecule has 0 aromatic heterocycles. The quantitative estimate of drug-likeness (QED) is 0.871. The van der Waals surface area contributed by atoms with E-state index in [9.17, 15) is 13.2 Å². The highest BCUT2D eigenvalue weighted by Gasteiger charge is 2.18. The van der Waals surface area contributed by atoms with Crippen LogP contribution in [0.15, 0.2) is 23.1 Å². The lowest BCUT2D eigenvalue weighted by molar-refractivity contribution is 0.0696. The average Bonchev–Trinajstić information content (AvgIpc) is 2.27. The molecule has 1 aromatic carbocycles. The summed E-state index contributed by atoms with van der Waals surface area (Å²) in [6, 6.07) is 3.62. The number of carbonyl (C=O) groups is 1. The van der Waals surface area contributed by atoms with Crippen LogP contribution in [-0.2, 0) is 14.6 Å². The zero-order valence-corrected chi connectivity index (χ0v) is 12.2. The van der Waals surface area contributed by atoms with Gasteiger partial charge in [-0.3, -0.25) is 0 Å². The first-order valence-electron chi connectivity index (χ1n) is 5.61. The summed E-state index contributed by atoms with van der Waals surface area (Å²) < 4.78 is 29.1. The van der Waals surface area contributed by atoms with Gasteiger partial charge in [-0.05, 0) is 32.0 Å².